The minimum absolute atomic E-state index is 0.321. The summed E-state index contributed by atoms with van der Waals surface area (Å²) in [6, 6.07) is 11.6. The highest BCUT2D eigenvalue weighted by Gasteiger charge is 2.22. The second-order valence-corrected chi connectivity index (χ2v) is 7.29. The van der Waals surface area contributed by atoms with E-state index < -0.39 is 5.89 Å². The third-order valence-corrected chi connectivity index (χ3v) is 5.11. The van der Waals surface area contributed by atoms with Gasteiger partial charge in [0.2, 0.25) is 5.69 Å². The zero-order valence-corrected chi connectivity index (χ0v) is 16.3. The number of rotatable bonds is 2. The van der Waals surface area contributed by atoms with Crippen molar-refractivity contribution >= 4 is 27.6 Å². The van der Waals surface area contributed by atoms with Crippen molar-refractivity contribution in [1.29, 1.82) is 0 Å². The van der Waals surface area contributed by atoms with E-state index in [0.29, 0.717) is 23.0 Å². The molecule has 0 aliphatic heterocycles. The molecule has 0 saturated heterocycles. The summed E-state index contributed by atoms with van der Waals surface area (Å²) in [6.45, 7) is 14.9. The molecule has 0 saturated carbocycles. The van der Waals surface area contributed by atoms with Crippen LogP contribution >= 0.6 is 0 Å². The highest BCUT2D eigenvalue weighted by molar-refractivity contribution is 6.11. The summed E-state index contributed by atoms with van der Waals surface area (Å²) in [5.41, 5.74) is 6.57. The van der Waals surface area contributed by atoms with Crippen LogP contribution in [0.25, 0.3) is 38.0 Å². The Morgan fingerprint density at radius 1 is 1.15 bits per heavy atom. The van der Waals surface area contributed by atoms with Crippen LogP contribution < -0.4 is 4.57 Å². The van der Waals surface area contributed by atoms with Crippen molar-refractivity contribution < 1.29 is 11.7 Å². The maximum Gasteiger partial charge on any atom is 0.216 e. The third-order valence-electron chi connectivity index (χ3n) is 5.11. The molecule has 0 spiro atoms. The average molecular weight is 357 g/mol. The standard InChI is InChI=1S/C24H23N2O/c1-14(2)17-8-10-20(26(6)13-17)23-15(3)7-9-19-22-16(4)11-18(25-5)12-21(22)27-24(19)23/h7-14H,1-4,6H3/q+1/i13D,14D. The highest BCUT2D eigenvalue weighted by Crippen LogP contribution is 2.39. The molecule has 0 amide bonds. The van der Waals surface area contributed by atoms with Crippen molar-refractivity contribution in [2.45, 2.75) is 33.6 Å². The number of hydrogen-bond donors (Lipinski definition) is 0. The lowest BCUT2D eigenvalue weighted by molar-refractivity contribution is -0.660. The summed E-state index contributed by atoms with van der Waals surface area (Å²) >= 11 is 0. The van der Waals surface area contributed by atoms with E-state index in [1.807, 2.05) is 43.7 Å². The van der Waals surface area contributed by atoms with E-state index in [0.717, 1.165) is 38.7 Å². The molecule has 27 heavy (non-hydrogen) atoms. The van der Waals surface area contributed by atoms with Gasteiger partial charge in [0.15, 0.2) is 11.9 Å². The lowest BCUT2D eigenvalue weighted by Gasteiger charge is -2.08. The van der Waals surface area contributed by atoms with Crippen LogP contribution in [0.1, 0.15) is 39.2 Å². The van der Waals surface area contributed by atoms with Crippen molar-refractivity contribution in [3.05, 3.63) is 70.7 Å². The van der Waals surface area contributed by atoms with Gasteiger partial charge in [0.25, 0.3) is 0 Å². The Kier molecular flexibility index (Phi) is 3.47. The van der Waals surface area contributed by atoms with Crippen molar-refractivity contribution in [1.82, 2.24) is 0 Å². The molecule has 0 bridgehead atoms. The number of aromatic nitrogens is 1. The average Bonchev–Trinajstić information content (AvgIpc) is 3.02. The topological polar surface area (TPSA) is 21.4 Å². The molecule has 0 aliphatic rings. The van der Waals surface area contributed by atoms with Gasteiger partial charge in [-0.15, -0.1) is 0 Å². The molecule has 3 heteroatoms. The molecule has 0 fully saturated rings. The molecule has 3 nitrogen and oxygen atoms in total. The van der Waals surface area contributed by atoms with Gasteiger partial charge < -0.3 is 4.42 Å². The Morgan fingerprint density at radius 3 is 2.63 bits per heavy atom. The van der Waals surface area contributed by atoms with Crippen LogP contribution in [0.3, 0.4) is 0 Å². The number of nitrogens with zero attached hydrogens (tertiary/aromatic N) is 2. The smallest absolute Gasteiger partial charge is 0.216 e. The molecule has 134 valence electrons. The maximum absolute atomic E-state index is 8.59. The van der Waals surface area contributed by atoms with Crippen LogP contribution in [0, 0.1) is 20.4 Å². The molecule has 4 rings (SSSR count). The summed E-state index contributed by atoms with van der Waals surface area (Å²) in [5.74, 6) is -0.846. The van der Waals surface area contributed by atoms with Crippen LogP contribution in [0.5, 0.6) is 0 Å². The van der Waals surface area contributed by atoms with Crippen LogP contribution in [-0.2, 0) is 7.05 Å². The maximum atomic E-state index is 8.59. The van der Waals surface area contributed by atoms with Gasteiger partial charge in [0.1, 0.15) is 19.6 Å². The lowest BCUT2D eigenvalue weighted by atomic mass is 9.98. The predicted molar refractivity (Wildman–Crippen MR) is 110 cm³/mol. The van der Waals surface area contributed by atoms with E-state index in [1.165, 1.54) is 0 Å². The first-order chi connectivity index (χ1) is 13.6. The minimum atomic E-state index is -0.846. The molecule has 0 N–H and O–H groups in total. The second kappa shape index (κ2) is 6.25. The SMILES string of the molecule is [2H]c1c(C([2H])(C)C)ccc(-c2c(C)ccc3c2oc2cc([N+]#[C-])cc(C)c23)[n+]1C. The van der Waals surface area contributed by atoms with Crippen molar-refractivity contribution in [3.63, 3.8) is 0 Å². The first kappa shape index (κ1) is 15.0. The van der Waals surface area contributed by atoms with Gasteiger partial charge in [0, 0.05) is 23.8 Å². The quantitative estimate of drug-likeness (QED) is 0.302. The summed E-state index contributed by atoms with van der Waals surface area (Å²) in [6.07, 6.45) is 0.321. The molecule has 0 atom stereocenters. The predicted octanol–water partition coefficient (Wildman–Crippen LogP) is 6.37. The van der Waals surface area contributed by atoms with Crippen molar-refractivity contribution in [3.8, 4) is 11.3 Å². The van der Waals surface area contributed by atoms with Crippen LogP contribution in [0.15, 0.2) is 47.0 Å². The van der Waals surface area contributed by atoms with Crippen molar-refractivity contribution in [2.24, 2.45) is 7.05 Å². The van der Waals surface area contributed by atoms with E-state index >= 15 is 0 Å². The molecule has 0 radical (unpaired) electrons. The zero-order valence-electron chi connectivity index (χ0n) is 18.3. The first-order valence-corrected chi connectivity index (χ1v) is 8.98. The zero-order chi connectivity index (χ0) is 21.1. The fourth-order valence-corrected chi connectivity index (χ4v) is 3.72. The number of pyridine rings is 1. The Hall–Kier alpha value is -3.12. The molecule has 4 aromatic rings. The molecule has 0 unspecified atom stereocenters. The normalized spacial score (nSPS) is 12.9. The number of aryl methyl sites for hydroxylation is 2. The minimum Gasteiger partial charge on any atom is -0.456 e. The van der Waals surface area contributed by atoms with Gasteiger partial charge in [-0.3, -0.25) is 0 Å². The molecule has 2 heterocycles. The highest BCUT2D eigenvalue weighted by atomic mass is 16.3. The number of benzene rings is 2. The van der Waals surface area contributed by atoms with Gasteiger partial charge >= 0.3 is 0 Å². The third kappa shape index (κ3) is 2.69. The number of fused-ring (bicyclic) bond motifs is 3. The lowest BCUT2D eigenvalue weighted by Crippen LogP contribution is -2.31. The molecular weight excluding hydrogens is 332 g/mol. The van der Waals surface area contributed by atoms with E-state index in [4.69, 9.17) is 13.7 Å². The molecule has 2 aromatic heterocycles. The van der Waals surface area contributed by atoms with E-state index in [-0.39, 0.29) is 0 Å². The summed E-state index contributed by atoms with van der Waals surface area (Å²) in [5, 5.41) is 2.03. The second-order valence-electron chi connectivity index (χ2n) is 7.29. The Labute approximate surface area is 162 Å². The number of hydrogen-bond acceptors (Lipinski definition) is 1. The fraction of sp³-hybridized carbons (Fsp3) is 0.250. The molecular formula is C24H23N2O+. The fourth-order valence-electron chi connectivity index (χ4n) is 3.72. The van der Waals surface area contributed by atoms with E-state index in [1.54, 1.807) is 19.9 Å². The molecule has 0 aliphatic carbocycles. The molecule has 2 aromatic carbocycles. The van der Waals surface area contributed by atoms with Gasteiger partial charge in [-0.25, -0.2) is 9.41 Å². The number of furan rings is 1. The van der Waals surface area contributed by atoms with E-state index in [2.05, 4.69) is 17.0 Å². The Bertz CT molecular complexity index is 1340. The van der Waals surface area contributed by atoms with Crippen LogP contribution in [0.4, 0.5) is 5.69 Å². The van der Waals surface area contributed by atoms with Gasteiger partial charge in [-0.1, -0.05) is 32.0 Å². The summed E-state index contributed by atoms with van der Waals surface area (Å²) in [7, 11) is 1.86. The first-order valence-electron chi connectivity index (χ1n) is 9.98. The van der Waals surface area contributed by atoms with Crippen LogP contribution in [0.2, 0.25) is 0 Å². The van der Waals surface area contributed by atoms with Gasteiger partial charge in [0.05, 0.1) is 12.1 Å². The monoisotopic (exact) mass is 357 g/mol. The van der Waals surface area contributed by atoms with E-state index in [9.17, 15) is 0 Å². The summed E-state index contributed by atoms with van der Waals surface area (Å²) < 4.78 is 25.0. The van der Waals surface area contributed by atoms with Crippen molar-refractivity contribution in [2.75, 3.05) is 0 Å². The Morgan fingerprint density at radius 2 is 1.93 bits per heavy atom. The van der Waals surface area contributed by atoms with Gasteiger partial charge in [-0.05, 0) is 43.0 Å². The largest absolute Gasteiger partial charge is 0.456 e. The van der Waals surface area contributed by atoms with Gasteiger partial charge in [-0.2, -0.15) is 0 Å². The van der Waals surface area contributed by atoms with Crippen LogP contribution in [-0.4, -0.2) is 0 Å². The Balaban J connectivity index is 2.09. The summed E-state index contributed by atoms with van der Waals surface area (Å²) in [4.78, 5) is 3.55.